The molecule has 1 atom stereocenters. The van der Waals surface area contributed by atoms with Gasteiger partial charge in [-0.05, 0) is 53.3 Å². The highest BCUT2D eigenvalue weighted by Gasteiger charge is 2.54. The van der Waals surface area contributed by atoms with Crippen LogP contribution in [0.3, 0.4) is 0 Å². The lowest BCUT2D eigenvalue weighted by Gasteiger charge is -2.50. The number of thiazole rings is 1. The van der Waals surface area contributed by atoms with E-state index in [1.54, 1.807) is 0 Å². The number of rotatable bonds is 6. The number of hydrogen-bond acceptors (Lipinski definition) is 5. The van der Waals surface area contributed by atoms with Gasteiger partial charge in [-0.15, -0.1) is 11.3 Å². The van der Waals surface area contributed by atoms with Crippen LogP contribution in [0.4, 0.5) is 5.13 Å². The summed E-state index contributed by atoms with van der Waals surface area (Å²) >= 11 is 1.43. The summed E-state index contributed by atoms with van der Waals surface area (Å²) in [5, 5.41) is 5.73. The third kappa shape index (κ3) is 5.04. The number of amides is 2. The zero-order valence-electron chi connectivity index (χ0n) is 25.9. The molecule has 7 heteroatoms. The van der Waals surface area contributed by atoms with Crippen LogP contribution in [0.1, 0.15) is 63.4 Å². The van der Waals surface area contributed by atoms with Gasteiger partial charge in [0, 0.05) is 61.1 Å². The summed E-state index contributed by atoms with van der Waals surface area (Å²) in [7, 11) is 0. The lowest BCUT2D eigenvalue weighted by Crippen LogP contribution is -2.48. The minimum Gasteiger partial charge on any atom is -0.336 e. The Labute approximate surface area is 273 Å². The van der Waals surface area contributed by atoms with Crippen molar-refractivity contribution >= 4 is 28.3 Å². The molecule has 1 unspecified atom stereocenters. The molecule has 0 saturated carbocycles. The number of fused-ring (bicyclic) bond motifs is 1. The Morgan fingerprint density at radius 3 is 2.17 bits per heavy atom. The molecule has 5 aromatic rings. The summed E-state index contributed by atoms with van der Waals surface area (Å²) in [6.45, 7) is 6.13. The van der Waals surface area contributed by atoms with Gasteiger partial charge in [-0.25, -0.2) is 4.98 Å². The normalized spacial score (nSPS) is 21.8. The summed E-state index contributed by atoms with van der Waals surface area (Å²) in [5.41, 5.74) is 8.19. The fourth-order valence-electron chi connectivity index (χ4n) is 7.84. The van der Waals surface area contributed by atoms with Crippen molar-refractivity contribution in [2.75, 3.05) is 31.5 Å². The van der Waals surface area contributed by atoms with Crippen molar-refractivity contribution in [2.45, 2.75) is 31.7 Å². The first-order chi connectivity index (χ1) is 22.5. The van der Waals surface area contributed by atoms with Crippen molar-refractivity contribution < 1.29 is 9.59 Å². The van der Waals surface area contributed by atoms with Gasteiger partial charge in [0.05, 0.1) is 11.1 Å². The Balaban J connectivity index is 0.960. The van der Waals surface area contributed by atoms with Crippen molar-refractivity contribution in [1.82, 2.24) is 14.8 Å². The minimum absolute atomic E-state index is 0.00254. The van der Waals surface area contributed by atoms with Crippen LogP contribution in [0.5, 0.6) is 0 Å². The zero-order chi connectivity index (χ0) is 31.3. The van der Waals surface area contributed by atoms with Crippen molar-refractivity contribution in [3.05, 3.63) is 142 Å². The molecule has 0 radical (unpaired) electrons. The van der Waals surface area contributed by atoms with Crippen LogP contribution in [0.15, 0.2) is 109 Å². The van der Waals surface area contributed by atoms with E-state index in [1.807, 2.05) is 40.6 Å². The summed E-state index contributed by atoms with van der Waals surface area (Å²) in [5.74, 6) is 0.243. The number of anilines is 1. The van der Waals surface area contributed by atoms with Crippen LogP contribution in [0, 0.1) is 5.41 Å². The highest BCUT2D eigenvalue weighted by molar-refractivity contribution is 7.14. The maximum Gasteiger partial charge on any atom is 0.253 e. The van der Waals surface area contributed by atoms with Gasteiger partial charge in [0.1, 0.15) is 0 Å². The number of nitrogens with zero attached hydrogens (tertiary/aromatic N) is 3. The fourth-order valence-corrected chi connectivity index (χ4v) is 8.55. The van der Waals surface area contributed by atoms with Crippen molar-refractivity contribution in [3.8, 4) is 11.3 Å². The van der Waals surface area contributed by atoms with Gasteiger partial charge in [-0.3, -0.25) is 14.5 Å². The summed E-state index contributed by atoms with van der Waals surface area (Å²) in [4.78, 5) is 36.7. The van der Waals surface area contributed by atoms with E-state index in [0.717, 1.165) is 37.3 Å². The van der Waals surface area contributed by atoms with E-state index in [1.165, 1.54) is 39.2 Å². The Bertz CT molecular complexity index is 1880. The van der Waals surface area contributed by atoms with E-state index < -0.39 is 5.41 Å². The first kappa shape index (κ1) is 28.9. The van der Waals surface area contributed by atoms with E-state index in [4.69, 9.17) is 4.98 Å². The number of aromatic nitrogens is 1. The lowest BCUT2D eigenvalue weighted by molar-refractivity contribution is -0.126. The molecular weight excluding hydrogens is 589 g/mol. The number of hydrogen-bond donors (Lipinski definition) is 1. The fraction of sp³-hybridized carbons (Fsp3) is 0.256. The molecule has 1 saturated heterocycles. The van der Waals surface area contributed by atoms with Gasteiger partial charge < -0.3 is 10.2 Å². The van der Waals surface area contributed by atoms with Crippen molar-refractivity contribution in [2.24, 2.45) is 5.41 Å². The van der Waals surface area contributed by atoms with Gasteiger partial charge in [-0.2, -0.15) is 0 Å². The number of piperazine rings is 1. The number of benzene rings is 4. The summed E-state index contributed by atoms with van der Waals surface area (Å²) in [6, 6.07) is 35.4. The van der Waals surface area contributed by atoms with Gasteiger partial charge in [0.25, 0.3) is 5.91 Å². The van der Waals surface area contributed by atoms with E-state index in [9.17, 15) is 9.59 Å². The Morgan fingerprint density at radius 1 is 0.826 bits per heavy atom. The summed E-state index contributed by atoms with van der Waals surface area (Å²) < 4.78 is 0. The summed E-state index contributed by atoms with van der Waals surface area (Å²) in [6.07, 6.45) is 0.764. The average molecular weight is 625 g/mol. The molecule has 4 aromatic carbocycles. The van der Waals surface area contributed by atoms with Crippen LogP contribution in [0.25, 0.3) is 11.3 Å². The third-order valence-corrected chi connectivity index (χ3v) is 10.9. The van der Waals surface area contributed by atoms with Crippen LogP contribution in [-0.4, -0.2) is 52.8 Å². The molecule has 0 spiro atoms. The molecule has 1 aliphatic heterocycles. The lowest BCUT2D eigenvalue weighted by atomic mass is 9.52. The van der Waals surface area contributed by atoms with Gasteiger partial charge in [0.15, 0.2) is 5.13 Å². The van der Waals surface area contributed by atoms with Crippen LogP contribution in [-0.2, 0) is 11.3 Å². The Kier molecular flexibility index (Phi) is 7.31. The second-order valence-electron chi connectivity index (χ2n) is 13.0. The highest BCUT2D eigenvalue weighted by atomic mass is 32.1. The number of nitrogens with one attached hydrogen (secondary N) is 1. The molecule has 2 bridgehead atoms. The molecule has 6 nitrogen and oxygen atoms in total. The topological polar surface area (TPSA) is 65.5 Å². The van der Waals surface area contributed by atoms with E-state index in [0.29, 0.717) is 23.8 Å². The first-order valence-electron chi connectivity index (χ1n) is 16.1. The predicted molar refractivity (Wildman–Crippen MR) is 183 cm³/mol. The Hall–Kier alpha value is -4.59. The predicted octanol–water partition coefficient (Wildman–Crippen LogP) is 7.39. The monoisotopic (exact) mass is 624 g/mol. The molecule has 1 N–H and O–H groups in total. The molecule has 9 rings (SSSR count). The highest BCUT2D eigenvalue weighted by Crippen LogP contribution is 2.61. The zero-order valence-corrected chi connectivity index (χ0v) is 26.7. The van der Waals surface area contributed by atoms with Gasteiger partial charge >= 0.3 is 0 Å². The molecule has 1 fully saturated rings. The van der Waals surface area contributed by atoms with Crippen LogP contribution < -0.4 is 5.32 Å². The Morgan fingerprint density at radius 2 is 1.48 bits per heavy atom. The number of carbonyl (C=O) groups excluding carboxylic acids is 2. The maximum absolute atomic E-state index is 14.1. The molecule has 1 aromatic heterocycles. The maximum atomic E-state index is 14.1. The van der Waals surface area contributed by atoms with Crippen LogP contribution >= 0.6 is 11.3 Å². The van der Waals surface area contributed by atoms with E-state index >= 15 is 0 Å². The molecular formula is C39H36N4O2S. The molecule has 230 valence electrons. The second kappa shape index (κ2) is 11.6. The minimum atomic E-state index is -0.601. The SMILES string of the molecule is CC1(C(=O)Nc2nc(-c3cccc(C(=O)N4CCN(Cc5ccccc5)CC4)c3)cs2)CC2c3ccccc3C1c1ccccc12. The molecule has 46 heavy (non-hydrogen) atoms. The standard InChI is InChI=1S/C39H36N4O2S/c1-39(23-33-29-14-5-7-16-31(29)35(39)32-17-8-6-15-30(32)33)37(45)41-38-40-34(25-46-38)27-12-9-13-28(22-27)36(44)43-20-18-42(19-21-43)24-26-10-3-2-4-11-26/h2-17,22,25,33,35H,18-21,23-24H2,1H3,(H,40,41,45). The van der Waals surface area contributed by atoms with E-state index in [2.05, 4.69) is 89.9 Å². The average Bonchev–Trinajstić information content (AvgIpc) is 3.57. The van der Waals surface area contributed by atoms with Crippen molar-refractivity contribution in [3.63, 3.8) is 0 Å². The largest absolute Gasteiger partial charge is 0.336 e. The molecule has 3 aliphatic carbocycles. The quantitative estimate of drug-likeness (QED) is 0.214. The van der Waals surface area contributed by atoms with Gasteiger partial charge in [-0.1, -0.05) is 91.0 Å². The molecule has 4 aliphatic rings. The van der Waals surface area contributed by atoms with E-state index in [-0.39, 0.29) is 23.7 Å². The molecule has 2 amide bonds. The van der Waals surface area contributed by atoms with Crippen LogP contribution in [0.2, 0.25) is 0 Å². The first-order valence-corrected chi connectivity index (χ1v) is 17.0. The third-order valence-electron chi connectivity index (χ3n) is 10.2. The van der Waals surface area contributed by atoms with Crippen molar-refractivity contribution in [1.29, 1.82) is 0 Å². The smallest absolute Gasteiger partial charge is 0.253 e. The second-order valence-corrected chi connectivity index (χ2v) is 13.8. The molecule has 2 heterocycles. The number of carbonyl (C=O) groups is 2. The van der Waals surface area contributed by atoms with Gasteiger partial charge in [0.2, 0.25) is 5.91 Å².